The fraction of sp³-hybridized carbons (Fsp3) is 0.333. The summed E-state index contributed by atoms with van der Waals surface area (Å²) >= 11 is 0. The first kappa shape index (κ1) is 13.4. The van der Waals surface area contributed by atoms with Crippen molar-refractivity contribution in [2.75, 3.05) is 0 Å². The van der Waals surface area contributed by atoms with Crippen molar-refractivity contribution in [2.24, 2.45) is 5.41 Å². The minimum Gasteiger partial charge on any atom is -0.302 e. The van der Waals surface area contributed by atoms with E-state index < -0.39 is 0 Å². The predicted octanol–water partition coefficient (Wildman–Crippen LogP) is 3.71. The number of nitrogens with zero attached hydrogens (tertiary/aromatic N) is 2. The number of carbonyl (C=O) groups excluding carboxylic acids is 1. The first-order chi connectivity index (χ1) is 10.7. The molecule has 1 heterocycles. The Balaban J connectivity index is 1.82. The van der Waals surface area contributed by atoms with Crippen LogP contribution in [0.5, 0.6) is 0 Å². The summed E-state index contributed by atoms with van der Waals surface area (Å²) in [5.41, 5.74) is 3.88. The van der Waals surface area contributed by atoms with Crippen LogP contribution in [-0.2, 0) is 11.2 Å². The maximum atomic E-state index is 13.1. The number of fused-ring (bicyclic) bond motifs is 2. The molecule has 0 spiro atoms. The lowest BCUT2D eigenvalue weighted by Crippen LogP contribution is -2.33. The Bertz CT molecular complexity index is 760. The van der Waals surface area contributed by atoms with E-state index in [2.05, 4.69) is 11.2 Å². The zero-order valence-electron chi connectivity index (χ0n) is 12.3. The van der Waals surface area contributed by atoms with Gasteiger partial charge >= 0.3 is 0 Å². The molecular formula is C18H17FN2O. The molecule has 1 aromatic carbocycles. The maximum Gasteiger partial charge on any atom is 0.130 e. The van der Waals surface area contributed by atoms with Crippen molar-refractivity contribution in [3.63, 3.8) is 0 Å². The number of hydrogen-bond acceptors (Lipinski definition) is 2. The van der Waals surface area contributed by atoms with E-state index in [4.69, 9.17) is 0 Å². The lowest BCUT2D eigenvalue weighted by Gasteiger charge is -2.37. The number of carbonyl (C=O) groups is 1. The SMILES string of the molecule is O=CC12CCCCC1=Cc1c(cnn1-c1ccc(F)cc1)C2. The monoisotopic (exact) mass is 296 g/mol. The Labute approximate surface area is 128 Å². The molecule has 0 radical (unpaired) electrons. The summed E-state index contributed by atoms with van der Waals surface area (Å²) in [4.78, 5) is 11.7. The predicted molar refractivity (Wildman–Crippen MR) is 82.2 cm³/mol. The van der Waals surface area contributed by atoms with Gasteiger partial charge in [-0.2, -0.15) is 5.10 Å². The molecule has 0 N–H and O–H groups in total. The number of halogens is 1. The van der Waals surface area contributed by atoms with E-state index in [1.54, 1.807) is 12.1 Å². The van der Waals surface area contributed by atoms with E-state index in [1.807, 2.05) is 10.9 Å². The molecule has 2 aromatic rings. The molecule has 0 bridgehead atoms. The second kappa shape index (κ2) is 4.90. The summed E-state index contributed by atoms with van der Waals surface area (Å²) in [5.74, 6) is -0.254. The summed E-state index contributed by atoms with van der Waals surface area (Å²) in [6.07, 6.45) is 10.00. The van der Waals surface area contributed by atoms with Crippen molar-refractivity contribution < 1.29 is 9.18 Å². The van der Waals surface area contributed by atoms with Crippen LogP contribution in [0.25, 0.3) is 11.8 Å². The van der Waals surface area contributed by atoms with Crippen LogP contribution in [0.2, 0.25) is 0 Å². The average molecular weight is 296 g/mol. The quantitative estimate of drug-likeness (QED) is 0.792. The normalized spacial score (nSPS) is 23.4. The third kappa shape index (κ3) is 1.94. The van der Waals surface area contributed by atoms with Gasteiger partial charge in [0.25, 0.3) is 0 Å². The Kier molecular flexibility index (Phi) is 2.99. The second-order valence-electron chi connectivity index (χ2n) is 6.27. The molecule has 22 heavy (non-hydrogen) atoms. The fourth-order valence-electron chi connectivity index (χ4n) is 3.73. The number of hydrogen-bond donors (Lipinski definition) is 0. The number of rotatable bonds is 2. The minimum atomic E-state index is -0.318. The van der Waals surface area contributed by atoms with Crippen LogP contribution in [0.4, 0.5) is 4.39 Å². The molecule has 4 rings (SSSR count). The maximum absolute atomic E-state index is 13.1. The van der Waals surface area contributed by atoms with E-state index in [9.17, 15) is 9.18 Å². The second-order valence-corrected chi connectivity index (χ2v) is 6.27. The van der Waals surface area contributed by atoms with Gasteiger partial charge in [0.1, 0.15) is 12.1 Å². The van der Waals surface area contributed by atoms with Gasteiger partial charge in [-0.05, 0) is 61.6 Å². The highest BCUT2D eigenvalue weighted by Crippen LogP contribution is 2.46. The zero-order valence-corrected chi connectivity index (χ0v) is 12.3. The Morgan fingerprint density at radius 3 is 2.82 bits per heavy atom. The molecule has 1 fully saturated rings. The molecule has 4 heteroatoms. The van der Waals surface area contributed by atoms with Gasteiger partial charge in [-0.3, -0.25) is 0 Å². The first-order valence-electron chi connectivity index (χ1n) is 7.72. The van der Waals surface area contributed by atoms with E-state index >= 15 is 0 Å². The van der Waals surface area contributed by atoms with E-state index in [1.165, 1.54) is 17.7 Å². The minimum absolute atomic E-state index is 0.254. The van der Waals surface area contributed by atoms with Crippen molar-refractivity contribution in [1.29, 1.82) is 0 Å². The lowest BCUT2D eigenvalue weighted by molar-refractivity contribution is -0.115. The smallest absolute Gasteiger partial charge is 0.130 e. The number of benzene rings is 1. The Hall–Kier alpha value is -2.23. The van der Waals surface area contributed by atoms with Crippen LogP contribution in [-0.4, -0.2) is 16.1 Å². The molecule has 0 saturated heterocycles. The van der Waals surface area contributed by atoms with Crippen LogP contribution < -0.4 is 0 Å². The molecule has 2 aliphatic carbocycles. The van der Waals surface area contributed by atoms with Crippen LogP contribution >= 0.6 is 0 Å². The fourth-order valence-corrected chi connectivity index (χ4v) is 3.73. The van der Waals surface area contributed by atoms with Crippen LogP contribution in [0, 0.1) is 11.2 Å². The number of allylic oxidation sites excluding steroid dienone is 1. The molecule has 112 valence electrons. The number of aldehydes is 1. The van der Waals surface area contributed by atoms with Gasteiger partial charge in [-0.15, -0.1) is 0 Å². The molecule has 1 aromatic heterocycles. The Morgan fingerprint density at radius 1 is 1.23 bits per heavy atom. The first-order valence-corrected chi connectivity index (χ1v) is 7.72. The van der Waals surface area contributed by atoms with E-state index in [-0.39, 0.29) is 11.2 Å². The van der Waals surface area contributed by atoms with Crippen molar-refractivity contribution in [3.8, 4) is 5.69 Å². The molecule has 0 aliphatic heterocycles. The molecule has 1 saturated carbocycles. The molecular weight excluding hydrogens is 279 g/mol. The molecule has 3 nitrogen and oxygen atoms in total. The lowest BCUT2D eigenvalue weighted by atomic mass is 9.65. The van der Waals surface area contributed by atoms with E-state index in [0.717, 1.165) is 55.3 Å². The summed E-state index contributed by atoms with van der Waals surface area (Å²) in [5, 5.41) is 4.45. The summed E-state index contributed by atoms with van der Waals surface area (Å²) in [7, 11) is 0. The highest BCUT2D eigenvalue weighted by Gasteiger charge is 2.40. The van der Waals surface area contributed by atoms with Gasteiger partial charge in [0.2, 0.25) is 0 Å². The Morgan fingerprint density at radius 2 is 2.05 bits per heavy atom. The van der Waals surface area contributed by atoms with Gasteiger partial charge < -0.3 is 4.79 Å². The molecule has 2 aliphatic rings. The molecule has 0 amide bonds. The highest BCUT2D eigenvalue weighted by atomic mass is 19.1. The van der Waals surface area contributed by atoms with Gasteiger partial charge in [0, 0.05) is 0 Å². The molecule has 1 atom stereocenters. The van der Waals surface area contributed by atoms with Gasteiger partial charge in [-0.25, -0.2) is 9.07 Å². The van der Waals surface area contributed by atoms with Gasteiger partial charge in [-0.1, -0.05) is 12.0 Å². The largest absolute Gasteiger partial charge is 0.302 e. The molecule has 1 unspecified atom stereocenters. The van der Waals surface area contributed by atoms with Crippen LogP contribution in [0.15, 0.2) is 36.0 Å². The van der Waals surface area contributed by atoms with Crippen LogP contribution in [0.3, 0.4) is 0 Å². The van der Waals surface area contributed by atoms with Gasteiger partial charge in [0.05, 0.1) is 23.0 Å². The topological polar surface area (TPSA) is 34.9 Å². The van der Waals surface area contributed by atoms with Crippen molar-refractivity contribution >= 4 is 12.4 Å². The van der Waals surface area contributed by atoms with Crippen molar-refractivity contribution in [2.45, 2.75) is 32.1 Å². The van der Waals surface area contributed by atoms with Gasteiger partial charge in [0.15, 0.2) is 0 Å². The highest BCUT2D eigenvalue weighted by molar-refractivity contribution is 5.74. The summed E-state index contributed by atoms with van der Waals surface area (Å²) in [6, 6.07) is 6.33. The third-order valence-electron chi connectivity index (χ3n) is 4.96. The number of aromatic nitrogens is 2. The third-order valence-corrected chi connectivity index (χ3v) is 4.96. The average Bonchev–Trinajstić information content (AvgIpc) is 2.95. The summed E-state index contributed by atoms with van der Waals surface area (Å²) in [6.45, 7) is 0. The zero-order chi connectivity index (χ0) is 15.2. The van der Waals surface area contributed by atoms with Crippen molar-refractivity contribution in [3.05, 3.63) is 53.1 Å². The van der Waals surface area contributed by atoms with Crippen LogP contribution in [0.1, 0.15) is 36.9 Å². The van der Waals surface area contributed by atoms with E-state index in [0.29, 0.717) is 0 Å². The van der Waals surface area contributed by atoms with Crippen molar-refractivity contribution in [1.82, 2.24) is 9.78 Å². The standard InChI is InChI=1S/C18H17FN2O/c19-15-4-6-16(7-5-15)21-17-9-14-3-1-2-8-18(14,12-22)10-13(17)11-20-21/h4-7,9,11-12H,1-3,8,10H2. The summed E-state index contributed by atoms with van der Waals surface area (Å²) < 4.78 is 14.9.